The molecule has 92 valence electrons. The molecule has 0 radical (unpaired) electrons. The van der Waals surface area contributed by atoms with Crippen molar-refractivity contribution < 1.29 is 13.6 Å². The first-order valence-electron chi connectivity index (χ1n) is 5.71. The summed E-state index contributed by atoms with van der Waals surface area (Å²) in [7, 11) is 0. The van der Waals surface area contributed by atoms with E-state index in [0.29, 0.717) is 11.1 Å². The van der Waals surface area contributed by atoms with Gasteiger partial charge in [0.1, 0.15) is 11.6 Å². The zero-order valence-electron chi connectivity index (χ0n) is 9.91. The molecule has 0 aliphatic rings. The highest BCUT2D eigenvalue weighted by Crippen LogP contribution is 2.24. The lowest BCUT2D eigenvalue weighted by atomic mass is 10.0. The summed E-state index contributed by atoms with van der Waals surface area (Å²) in [5.74, 6) is -2.13. The minimum Gasteiger partial charge on any atom is -0.294 e. The summed E-state index contributed by atoms with van der Waals surface area (Å²) < 4.78 is 27.5. The normalized spacial score (nSPS) is 10.4. The van der Waals surface area contributed by atoms with Crippen molar-refractivity contribution >= 4 is 5.78 Å². The van der Waals surface area contributed by atoms with Gasteiger partial charge in [-0.25, -0.2) is 8.78 Å². The quantitative estimate of drug-likeness (QED) is 0.741. The Balaban J connectivity index is 2.53. The monoisotopic (exact) mass is 246 g/mol. The Morgan fingerprint density at radius 2 is 1.56 bits per heavy atom. The summed E-state index contributed by atoms with van der Waals surface area (Å²) in [4.78, 5) is 11.4. The Hall–Kier alpha value is -2.03. The number of rotatable bonds is 3. The van der Waals surface area contributed by atoms with Crippen LogP contribution in [0.2, 0.25) is 0 Å². The Morgan fingerprint density at radius 3 is 2.06 bits per heavy atom. The molecule has 2 aromatic rings. The summed E-state index contributed by atoms with van der Waals surface area (Å²) in [6.45, 7) is 1.58. The number of ketones is 1. The fourth-order valence-corrected chi connectivity index (χ4v) is 1.81. The minimum atomic E-state index is -0.805. The van der Waals surface area contributed by atoms with Gasteiger partial charge in [0.2, 0.25) is 0 Å². The maximum Gasteiger partial charge on any atom is 0.168 e. The number of hydrogen-bond acceptors (Lipinski definition) is 1. The van der Waals surface area contributed by atoms with E-state index in [1.807, 2.05) is 6.07 Å². The van der Waals surface area contributed by atoms with Gasteiger partial charge >= 0.3 is 0 Å². The van der Waals surface area contributed by atoms with Crippen LogP contribution in [-0.2, 0) is 0 Å². The summed E-state index contributed by atoms with van der Waals surface area (Å²) >= 11 is 0. The predicted molar refractivity (Wildman–Crippen MR) is 66.4 cm³/mol. The Labute approximate surface area is 104 Å². The average molecular weight is 246 g/mol. The van der Waals surface area contributed by atoms with E-state index >= 15 is 0 Å². The number of hydrogen-bond donors (Lipinski definition) is 0. The fraction of sp³-hybridized carbons (Fsp3) is 0.133. The van der Waals surface area contributed by atoms with Crippen LogP contribution >= 0.6 is 0 Å². The highest BCUT2D eigenvalue weighted by atomic mass is 19.1. The molecule has 18 heavy (non-hydrogen) atoms. The molecule has 0 atom stereocenters. The van der Waals surface area contributed by atoms with Crippen LogP contribution < -0.4 is 0 Å². The number of Topliss-reactive ketones (excluding diaryl/α,β-unsaturated/α-hetero) is 1. The van der Waals surface area contributed by atoms with Crippen molar-refractivity contribution in [2.75, 3.05) is 0 Å². The second-order valence-corrected chi connectivity index (χ2v) is 3.96. The van der Waals surface area contributed by atoms with Gasteiger partial charge in [0.05, 0.1) is 5.56 Å². The van der Waals surface area contributed by atoms with Crippen molar-refractivity contribution in [3.8, 4) is 11.1 Å². The molecule has 0 fully saturated rings. The molecule has 2 aromatic carbocycles. The molecule has 2 rings (SSSR count). The van der Waals surface area contributed by atoms with E-state index in [9.17, 15) is 13.6 Å². The highest BCUT2D eigenvalue weighted by Gasteiger charge is 2.17. The van der Waals surface area contributed by atoms with Crippen LogP contribution in [0, 0.1) is 11.6 Å². The van der Waals surface area contributed by atoms with Crippen molar-refractivity contribution in [2.45, 2.75) is 13.3 Å². The molecule has 0 spiro atoms. The van der Waals surface area contributed by atoms with Crippen molar-refractivity contribution in [1.29, 1.82) is 0 Å². The maximum atomic E-state index is 13.8. The molecule has 1 nitrogen and oxygen atoms in total. The first-order valence-corrected chi connectivity index (χ1v) is 5.71. The zero-order valence-corrected chi connectivity index (χ0v) is 9.91. The Morgan fingerprint density at radius 1 is 1.00 bits per heavy atom. The molecule has 0 saturated carbocycles. The van der Waals surface area contributed by atoms with Crippen molar-refractivity contribution in [3.05, 3.63) is 59.7 Å². The average Bonchev–Trinajstić information content (AvgIpc) is 2.38. The van der Waals surface area contributed by atoms with E-state index in [4.69, 9.17) is 0 Å². The molecule has 0 aromatic heterocycles. The van der Waals surface area contributed by atoms with Gasteiger partial charge in [0.25, 0.3) is 0 Å². The van der Waals surface area contributed by atoms with E-state index in [-0.39, 0.29) is 6.42 Å². The number of benzene rings is 2. The first-order chi connectivity index (χ1) is 8.63. The largest absolute Gasteiger partial charge is 0.294 e. The molecule has 0 unspecified atom stereocenters. The fourth-order valence-electron chi connectivity index (χ4n) is 1.81. The summed E-state index contributed by atoms with van der Waals surface area (Å²) in [5.41, 5.74) is 0.696. The molecular formula is C15H12F2O. The molecular weight excluding hydrogens is 234 g/mol. The van der Waals surface area contributed by atoms with Crippen LogP contribution in [0.5, 0.6) is 0 Å². The lowest BCUT2D eigenvalue weighted by Crippen LogP contribution is -2.05. The van der Waals surface area contributed by atoms with Gasteiger partial charge in [-0.15, -0.1) is 0 Å². The maximum absolute atomic E-state index is 13.8. The first kappa shape index (κ1) is 12.4. The van der Waals surface area contributed by atoms with Crippen LogP contribution in [0.15, 0.2) is 42.5 Å². The van der Waals surface area contributed by atoms with Crippen molar-refractivity contribution in [2.24, 2.45) is 0 Å². The highest BCUT2D eigenvalue weighted by molar-refractivity contribution is 5.96. The number of halogens is 2. The molecule has 0 amide bonds. The van der Waals surface area contributed by atoms with Gasteiger partial charge in [0, 0.05) is 6.42 Å². The molecule has 0 aliphatic heterocycles. The second kappa shape index (κ2) is 5.08. The third-order valence-corrected chi connectivity index (χ3v) is 2.75. The molecule has 0 N–H and O–H groups in total. The molecule has 0 bridgehead atoms. The number of carbonyl (C=O) groups is 1. The van der Waals surface area contributed by atoms with Gasteiger partial charge in [-0.05, 0) is 23.3 Å². The van der Waals surface area contributed by atoms with Gasteiger partial charge in [-0.2, -0.15) is 0 Å². The lowest BCUT2D eigenvalue weighted by Gasteiger charge is -2.07. The van der Waals surface area contributed by atoms with Crippen LogP contribution in [0.1, 0.15) is 23.7 Å². The molecule has 3 heteroatoms. The van der Waals surface area contributed by atoms with E-state index in [1.54, 1.807) is 31.2 Å². The van der Waals surface area contributed by atoms with Crippen LogP contribution in [0.25, 0.3) is 11.1 Å². The van der Waals surface area contributed by atoms with Gasteiger partial charge in [-0.1, -0.05) is 37.3 Å². The van der Waals surface area contributed by atoms with E-state index in [1.165, 1.54) is 12.1 Å². The summed E-state index contributed by atoms with van der Waals surface area (Å²) in [5, 5.41) is 0. The number of carbonyl (C=O) groups excluding carboxylic acids is 1. The molecule has 0 heterocycles. The van der Waals surface area contributed by atoms with Crippen molar-refractivity contribution in [3.63, 3.8) is 0 Å². The van der Waals surface area contributed by atoms with Gasteiger partial charge in [-0.3, -0.25) is 4.79 Å². The smallest absolute Gasteiger partial charge is 0.168 e. The summed E-state index contributed by atoms with van der Waals surface area (Å²) in [6, 6.07) is 11.3. The van der Waals surface area contributed by atoms with Crippen LogP contribution in [0.3, 0.4) is 0 Å². The second-order valence-electron chi connectivity index (χ2n) is 3.96. The Kier molecular flexibility index (Phi) is 3.51. The van der Waals surface area contributed by atoms with Crippen LogP contribution in [0.4, 0.5) is 8.78 Å². The zero-order chi connectivity index (χ0) is 13.1. The molecule has 0 aliphatic carbocycles. The topological polar surface area (TPSA) is 17.1 Å². The lowest BCUT2D eigenvalue weighted by molar-refractivity contribution is 0.0980. The van der Waals surface area contributed by atoms with E-state index < -0.39 is 23.0 Å². The van der Waals surface area contributed by atoms with Gasteiger partial charge in [0.15, 0.2) is 5.78 Å². The standard InChI is InChI=1S/C15H12F2O/c1-2-14(18)15-12(16)8-11(9-13(15)17)10-6-4-3-5-7-10/h3-9H,2H2,1H3. The summed E-state index contributed by atoms with van der Waals surface area (Å²) in [6.07, 6.45) is 0.0819. The third-order valence-electron chi connectivity index (χ3n) is 2.75. The molecule has 0 saturated heterocycles. The van der Waals surface area contributed by atoms with Crippen molar-refractivity contribution in [1.82, 2.24) is 0 Å². The third kappa shape index (κ3) is 2.30. The predicted octanol–water partition coefficient (Wildman–Crippen LogP) is 4.22. The van der Waals surface area contributed by atoms with Gasteiger partial charge < -0.3 is 0 Å². The minimum absolute atomic E-state index is 0.0819. The van der Waals surface area contributed by atoms with Crippen LogP contribution in [-0.4, -0.2) is 5.78 Å². The Bertz CT molecular complexity index is 553. The van der Waals surface area contributed by atoms with E-state index in [2.05, 4.69) is 0 Å². The SMILES string of the molecule is CCC(=O)c1c(F)cc(-c2ccccc2)cc1F. The van der Waals surface area contributed by atoms with E-state index in [0.717, 1.165) is 0 Å².